The summed E-state index contributed by atoms with van der Waals surface area (Å²) in [5, 5.41) is 30.5. The Bertz CT molecular complexity index is 1350. The van der Waals surface area contributed by atoms with Crippen LogP contribution in [-0.4, -0.2) is 71.3 Å². The first-order valence-corrected chi connectivity index (χ1v) is 10.6. The molecule has 0 radical (unpaired) electrons. The largest absolute Gasteiger partial charge is 0.469 e. The molecule has 0 aliphatic heterocycles. The van der Waals surface area contributed by atoms with Crippen LogP contribution in [0.1, 0.15) is 15.9 Å². The zero-order valence-electron chi connectivity index (χ0n) is 16.5. The fourth-order valence-electron chi connectivity index (χ4n) is 3.15. The molecule has 172 valence electrons. The summed E-state index contributed by atoms with van der Waals surface area (Å²) in [6.45, 7) is 0.160. The standard InChI is InChI=1S/C17H19N4O10P/c1-7-2-9-10(3-8(7)5-22)21(15-13(18-9)16(26)20-17(27)19-15)4-11(23)14(25)12(24)6-31-32(28,29)30/h2-3,5,11-12,14,23-25H,4,6H2,1H3,(H3,20,26,27,28,29,30)/p+1/t11-,12+,14-/m1/s1. The molecular weight excluding hydrogens is 451 g/mol. The number of carbonyl (C=O) groups is 1. The van der Waals surface area contributed by atoms with Crippen LogP contribution in [0, 0.1) is 6.92 Å². The molecule has 1 aromatic carbocycles. The predicted molar refractivity (Wildman–Crippen MR) is 107 cm³/mol. The number of aryl methyl sites for hydroxylation is 1. The van der Waals surface area contributed by atoms with Crippen LogP contribution in [0.25, 0.3) is 22.2 Å². The number of aromatic nitrogens is 4. The number of phosphoric ester groups is 1. The van der Waals surface area contributed by atoms with Crippen molar-refractivity contribution in [2.45, 2.75) is 31.8 Å². The van der Waals surface area contributed by atoms with Crippen molar-refractivity contribution in [3.8, 4) is 0 Å². The van der Waals surface area contributed by atoms with Crippen molar-refractivity contribution in [3.05, 3.63) is 44.1 Å². The van der Waals surface area contributed by atoms with Crippen LogP contribution in [-0.2, 0) is 15.6 Å². The molecule has 0 aliphatic carbocycles. The van der Waals surface area contributed by atoms with Gasteiger partial charge in [-0.25, -0.2) is 18.9 Å². The Balaban J connectivity index is 2.12. The molecule has 3 aromatic rings. The van der Waals surface area contributed by atoms with Gasteiger partial charge in [0.1, 0.15) is 36.7 Å². The number of hydrogen-bond donors (Lipinski definition) is 7. The van der Waals surface area contributed by atoms with Crippen LogP contribution in [0.15, 0.2) is 21.7 Å². The number of aliphatic hydroxyl groups is 3. The third-order valence-electron chi connectivity index (χ3n) is 4.75. The summed E-state index contributed by atoms with van der Waals surface area (Å²) in [7, 11) is -4.92. The minimum Gasteiger partial charge on any atom is -0.388 e. The fourth-order valence-corrected chi connectivity index (χ4v) is 3.50. The molecule has 0 saturated carbocycles. The average molecular weight is 471 g/mol. The second-order valence-corrected chi connectivity index (χ2v) is 8.29. The molecule has 0 bridgehead atoms. The molecule has 3 rings (SSSR count). The van der Waals surface area contributed by atoms with E-state index in [0.29, 0.717) is 11.8 Å². The highest BCUT2D eigenvalue weighted by Gasteiger charge is 2.31. The zero-order chi connectivity index (χ0) is 23.8. The van der Waals surface area contributed by atoms with Crippen LogP contribution >= 0.6 is 7.82 Å². The van der Waals surface area contributed by atoms with E-state index in [9.17, 15) is 34.3 Å². The van der Waals surface area contributed by atoms with E-state index >= 15 is 0 Å². The van der Waals surface area contributed by atoms with E-state index in [1.807, 2.05) is 4.98 Å². The van der Waals surface area contributed by atoms with E-state index in [1.54, 1.807) is 6.92 Å². The van der Waals surface area contributed by atoms with Gasteiger partial charge in [0, 0.05) is 5.56 Å². The molecule has 7 N–H and O–H groups in total. The average Bonchev–Trinajstić information content (AvgIpc) is 2.70. The van der Waals surface area contributed by atoms with Crippen molar-refractivity contribution in [2.24, 2.45) is 0 Å². The van der Waals surface area contributed by atoms with Crippen LogP contribution in [0.3, 0.4) is 0 Å². The van der Waals surface area contributed by atoms with E-state index in [2.05, 4.69) is 14.5 Å². The summed E-state index contributed by atoms with van der Waals surface area (Å²) in [6.07, 6.45) is -4.99. The monoisotopic (exact) mass is 471 g/mol. The lowest BCUT2D eigenvalue weighted by Gasteiger charge is -2.22. The topological polar surface area (TPSA) is 227 Å². The van der Waals surface area contributed by atoms with E-state index in [-0.39, 0.29) is 27.8 Å². The molecule has 0 fully saturated rings. The first-order chi connectivity index (χ1) is 14.9. The molecular formula is C17H20N4O10P+. The van der Waals surface area contributed by atoms with Gasteiger partial charge in [-0.3, -0.25) is 19.1 Å². The van der Waals surface area contributed by atoms with Gasteiger partial charge < -0.3 is 25.1 Å². The molecule has 14 nitrogen and oxygen atoms in total. The van der Waals surface area contributed by atoms with E-state index in [0.717, 1.165) is 0 Å². The number of benzene rings is 1. The zero-order valence-corrected chi connectivity index (χ0v) is 17.4. The van der Waals surface area contributed by atoms with Gasteiger partial charge in [-0.1, -0.05) is 0 Å². The van der Waals surface area contributed by atoms with Crippen LogP contribution in [0.2, 0.25) is 0 Å². The Morgan fingerprint density at radius 2 is 1.88 bits per heavy atom. The minimum atomic E-state index is -4.92. The summed E-state index contributed by atoms with van der Waals surface area (Å²) >= 11 is 0. The predicted octanol–water partition coefficient (Wildman–Crippen LogP) is -2.63. The number of carbonyl (C=O) groups excluding carboxylic acids is 1. The smallest absolute Gasteiger partial charge is 0.388 e. The van der Waals surface area contributed by atoms with Crippen LogP contribution < -0.4 is 15.8 Å². The maximum Gasteiger partial charge on any atom is 0.469 e. The number of H-pyrrole nitrogens is 2. The number of aldehydes is 1. The van der Waals surface area contributed by atoms with Crippen molar-refractivity contribution in [3.63, 3.8) is 0 Å². The molecule has 2 aromatic heterocycles. The second-order valence-electron chi connectivity index (χ2n) is 7.05. The lowest BCUT2D eigenvalue weighted by Crippen LogP contribution is -2.51. The summed E-state index contributed by atoms with van der Waals surface area (Å²) in [6, 6.07) is 2.93. The summed E-state index contributed by atoms with van der Waals surface area (Å²) in [5.41, 5.74) is -0.723. The van der Waals surface area contributed by atoms with Gasteiger partial charge in [0.25, 0.3) is 5.56 Å². The Labute approximate surface area is 178 Å². The van der Waals surface area contributed by atoms with E-state index < -0.39 is 50.5 Å². The summed E-state index contributed by atoms with van der Waals surface area (Å²) in [5.74, 6) is 0. The fraction of sp³-hybridized carbons (Fsp3) is 0.353. The number of rotatable bonds is 8. The molecule has 0 saturated heterocycles. The normalized spacial score (nSPS) is 15.1. The van der Waals surface area contributed by atoms with E-state index in [1.165, 1.54) is 16.7 Å². The van der Waals surface area contributed by atoms with Gasteiger partial charge in [0.2, 0.25) is 5.52 Å². The number of aromatic amines is 2. The van der Waals surface area contributed by atoms with Crippen molar-refractivity contribution in [1.29, 1.82) is 0 Å². The van der Waals surface area contributed by atoms with Gasteiger partial charge in [-0.15, -0.1) is 0 Å². The highest BCUT2D eigenvalue weighted by atomic mass is 31.2. The van der Waals surface area contributed by atoms with Crippen molar-refractivity contribution in [2.75, 3.05) is 6.61 Å². The number of nitrogens with zero attached hydrogens (tertiary/aromatic N) is 2. The number of nitrogens with one attached hydrogen (secondary N) is 2. The molecule has 32 heavy (non-hydrogen) atoms. The van der Waals surface area contributed by atoms with Gasteiger partial charge in [-0.2, -0.15) is 4.98 Å². The number of hydrogen-bond acceptors (Lipinski definition) is 9. The number of aliphatic hydroxyl groups excluding tert-OH is 3. The second kappa shape index (κ2) is 8.96. The first kappa shape index (κ1) is 23.8. The molecule has 0 aliphatic rings. The highest BCUT2D eigenvalue weighted by molar-refractivity contribution is 7.46. The summed E-state index contributed by atoms with van der Waals surface area (Å²) < 4.78 is 16.1. The Morgan fingerprint density at radius 3 is 2.50 bits per heavy atom. The molecule has 15 heteroatoms. The Morgan fingerprint density at radius 1 is 1.19 bits per heavy atom. The Kier molecular flexibility index (Phi) is 6.67. The maximum atomic E-state index is 12.3. The number of phosphoric acid groups is 1. The SMILES string of the molecule is Cc1cc2nc3c(=O)[nH]c(=O)[nH]c3[n+](C[C@@H](O)[C@@H](O)[C@@H](O)COP(=O)(O)O)c2cc1C=O. The van der Waals surface area contributed by atoms with Gasteiger partial charge >= 0.3 is 19.2 Å². The van der Waals surface area contributed by atoms with Gasteiger partial charge in [-0.05, 0) is 24.6 Å². The Hall–Kier alpha value is -2.84. The van der Waals surface area contributed by atoms with Crippen LogP contribution in [0.4, 0.5) is 0 Å². The molecule has 0 unspecified atom stereocenters. The molecule has 2 heterocycles. The number of fused-ring (bicyclic) bond motifs is 2. The van der Waals surface area contributed by atoms with Crippen molar-refractivity contribution in [1.82, 2.24) is 15.0 Å². The molecule has 0 amide bonds. The lowest BCUT2D eigenvalue weighted by atomic mass is 10.1. The maximum absolute atomic E-state index is 12.3. The van der Waals surface area contributed by atoms with Gasteiger partial charge in [0.05, 0.1) is 6.61 Å². The summed E-state index contributed by atoms with van der Waals surface area (Å²) in [4.78, 5) is 61.5. The van der Waals surface area contributed by atoms with Crippen molar-refractivity contribution < 1.29 is 43.6 Å². The minimum absolute atomic E-state index is 0.126. The van der Waals surface area contributed by atoms with Crippen molar-refractivity contribution >= 4 is 36.3 Å². The van der Waals surface area contributed by atoms with Crippen LogP contribution in [0.5, 0.6) is 0 Å². The first-order valence-electron chi connectivity index (χ1n) is 9.11. The van der Waals surface area contributed by atoms with E-state index in [4.69, 9.17) is 9.79 Å². The lowest BCUT2D eigenvalue weighted by molar-refractivity contribution is -0.657. The quantitative estimate of drug-likeness (QED) is 0.0777. The van der Waals surface area contributed by atoms with Gasteiger partial charge in [0.15, 0.2) is 5.52 Å². The third-order valence-corrected chi connectivity index (χ3v) is 5.24. The highest BCUT2D eigenvalue weighted by Crippen LogP contribution is 2.35. The molecule has 3 atom stereocenters. The molecule has 0 spiro atoms. The third kappa shape index (κ3) is 4.97.